The summed E-state index contributed by atoms with van der Waals surface area (Å²) in [5.74, 6) is -0.493. The molecule has 3 rings (SSSR count). The van der Waals surface area contributed by atoms with E-state index in [2.05, 4.69) is 6.07 Å². The summed E-state index contributed by atoms with van der Waals surface area (Å²) in [7, 11) is 1.32. The third-order valence-corrected chi connectivity index (χ3v) is 4.33. The van der Waals surface area contributed by atoms with Crippen molar-refractivity contribution in [2.75, 3.05) is 7.11 Å². The van der Waals surface area contributed by atoms with E-state index in [1.54, 1.807) is 0 Å². The minimum Gasteiger partial charge on any atom is -0.466 e. The molecule has 0 bridgehead atoms. The van der Waals surface area contributed by atoms with Crippen molar-refractivity contribution in [3.8, 4) is 6.07 Å². The summed E-state index contributed by atoms with van der Waals surface area (Å²) in [6.45, 7) is 0. The zero-order chi connectivity index (χ0) is 16.4. The summed E-state index contributed by atoms with van der Waals surface area (Å²) in [5, 5.41) is 10.0. The van der Waals surface area contributed by atoms with Crippen LogP contribution in [0.5, 0.6) is 0 Å². The van der Waals surface area contributed by atoms with Gasteiger partial charge < -0.3 is 10.5 Å². The van der Waals surface area contributed by atoms with Gasteiger partial charge in [0.2, 0.25) is 0 Å². The first-order valence-electron chi connectivity index (χ1n) is 7.27. The SMILES string of the molecule is COC(=O)C1=C(N)c2ccccc2C(C#N)(c2ccccc2)C1. The zero-order valence-electron chi connectivity index (χ0n) is 12.7. The average Bonchev–Trinajstić information content (AvgIpc) is 2.63. The van der Waals surface area contributed by atoms with Gasteiger partial charge in [-0.05, 0) is 11.1 Å². The van der Waals surface area contributed by atoms with Crippen LogP contribution in [0, 0.1) is 11.3 Å². The molecule has 0 heterocycles. The molecule has 0 amide bonds. The molecule has 2 aromatic carbocycles. The van der Waals surface area contributed by atoms with Crippen LogP contribution in [0.25, 0.3) is 5.70 Å². The van der Waals surface area contributed by atoms with Crippen molar-refractivity contribution in [2.45, 2.75) is 11.8 Å². The highest BCUT2D eigenvalue weighted by atomic mass is 16.5. The van der Waals surface area contributed by atoms with Crippen LogP contribution in [0.4, 0.5) is 0 Å². The fourth-order valence-corrected chi connectivity index (χ4v) is 3.16. The third-order valence-electron chi connectivity index (χ3n) is 4.33. The number of hydrogen-bond donors (Lipinski definition) is 1. The molecule has 0 fully saturated rings. The van der Waals surface area contributed by atoms with Crippen molar-refractivity contribution >= 4 is 11.7 Å². The Labute approximate surface area is 134 Å². The second-order valence-corrected chi connectivity index (χ2v) is 5.49. The van der Waals surface area contributed by atoms with Crippen LogP contribution >= 0.6 is 0 Å². The van der Waals surface area contributed by atoms with Gasteiger partial charge in [-0.25, -0.2) is 4.79 Å². The zero-order valence-corrected chi connectivity index (χ0v) is 12.7. The number of rotatable bonds is 2. The Morgan fingerprint density at radius 2 is 1.83 bits per heavy atom. The van der Waals surface area contributed by atoms with Crippen LogP contribution in [-0.4, -0.2) is 13.1 Å². The van der Waals surface area contributed by atoms with Crippen LogP contribution in [0.2, 0.25) is 0 Å². The molecule has 1 unspecified atom stereocenters. The lowest BCUT2D eigenvalue weighted by atomic mass is 9.66. The third kappa shape index (κ3) is 2.18. The molecule has 0 aromatic heterocycles. The Morgan fingerprint density at radius 1 is 1.17 bits per heavy atom. The molecule has 1 aliphatic rings. The van der Waals surface area contributed by atoms with Gasteiger partial charge in [0.05, 0.1) is 18.8 Å². The fraction of sp³-hybridized carbons (Fsp3) is 0.158. The lowest BCUT2D eigenvalue weighted by molar-refractivity contribution is -0.136. The Kier molecular flexibility index (Phi) is 3.63. The molecule has 0 radical (unpaired) electrons. The molecular formula is C19H16N2O2. The maximum Gasteiger partial charge on any atom is 0.335 e. The Hall–Kier alpha value is -3.06. The normalized spacial score (nSPS) is 19.7. The number of carbonyl (C=O) groups excluding carboxylic acids is 1. The minimum atomic E-state index is -0.954. The highest BCUT2D eigenvalue weighted by Gasteiger charge is 2.43. The van der Waals surface area contributed by atoms with Crippen LogP contribution in [0.3, 0.4) is 0 Å². The summed E-state index contributed by atoms with van der Waals surface area (Å²) in [5.41, 5.74) is 8.33. The first-order valence-corrected chi connectivity index (χ1v) is 7.27. The predicted octanol–water partition coefficient (Wildman–Crippen LogP) is 2.74. The molecule has 0 saturated carbocycles. The fourth-order valence-electron chi connectivity index (χ4n) is 3.16. The number of nitrogens with zero attached hydrogens (tertiary/aromatic N) is 1. The maximum absolute atomic E-state index is 12.2. The molecule has 4 nitrogen and oxygen atoms in total. The van der Waals surface area contributed by atoms with Gasteiger partial charge in [0.25, 0.3) is 0 Å². The van der Waals surface area contributed by atoms with Crippen LogP contribution in [-0.2, 0) is 14.9 Å². The van der Waals surface area contributed by atoms with Crippen LogP contribution in [0.15, 0.2) is 60.2 Å². The predicted molar refractivity (Wildman–Crippen MR) is 87.0 cm³/mol. The summed E-state index contributed by atoms with van der Waals surface area (Å²) >= 11 is 0. The largest absolute Gasteiger partial charge is 0.466 e. The first kappa shape index (κ1) is 14.9. The Balaban J connectivity index is 2.32. The second-order valence-electron chi connectivity index (χ2n) is 5.49. The summed E-state index contributed by atoms with van der Waals surface area (Å²) in [6.07, 6.45) is 0.197. The quantitative estimate of drug-likeness (QED) is 0.866. The lowest BCUT2D eigenvalue weighted by Crippen LogP contribution is -2.34. The molecule has 23 heavy (non-hydrogen) atoms. The monoisotopic (exact) mass is 304 g/mol. The summed E-state index contributed by atoms with van der Waals surface area (Å²) in [6, 6.07) is 19.3. The van der Waals surface area contributed by atoms with Gasteiger partial charge in [0, 0.05) is 17.7 Å². The summed E-state index contributed by atoms with van der Waals surface area (Å²) in [4.78, 5) is 12.2. The van der Waals surface area contributed by atoms with E-state index in [0.717, 1.165) is 11.1 Å². The number of ether oxygens (including phenoxy) is 1. The number of esters is 1. The molecule has 0 saturated heterocycles. The Morgan fingerprint density at radius 3 is 2.48 bits per heavy atom. The van der Waals surface area contributed by atoms with E-state index in [0.29, 0.717) is 16.8 Å². The van der Waals surface area contributed by atoms with Gasteiger partial charge in [0.1, 0.15) is 5.41 Å². The van der Waals surface area contributed by atoms with E-state index in [9.17, 15) is 10.1 Å². The summed E-state index contributed by atoms with van der Waals surface area (Å²) < 4.78 is 4.86. The molecular weight excluding hydrogens is 288 g/mol. The first-order chi connectivity index (χ1) is 11.1. The highest BCUT2D eigenvalue weighted by Crippen LogP contribution is 2.45. The number of benzene rings is 2. The van der Waals surface area contributed by atoms with Crippen molar-refractivity contribution in [2.24, 2.45) is 5.73 Å². The van der Waals surface area contributed by atoms with E-state index >= 15 is 0 Å². The van der Waals surface area contributed by atoms with Crippen LogP contribution < -0.4 is 5.73 Å². The highest BCUT2D eigenvalue weighted by molar-refractivity contribution is 5.99. The molecule has 0 aliphatic heterocycles. The van der Waals surface area contributed by atoms with E-state index in [4.69, 9.17) is 10.5 Å². The van der Waals surface area contributed by atoms with E-state index in [1.807, 2.05) is 54.6 Å². The molecule has 1 atom stereocenters. The van der Waals surface area contributed by atoms with Crippen molar-refractivity contribution in [3.63, 3.8) is 0 Å². The van der Waals surface area contributed by atoms with E-state index in [1.165, 1.54) is 7.11 Å². The standard InChI is InChI=1S/C19H16N2O2/c1-23-18(22)15-11-19(12-20,13-7-3-2-4-8-13)16-10-6-5-9-14(16)17(15)21/h2-10H,11,21H2,1H3. The van der Waals surface area contributed by atoms with Crippen molar-refractivity contribution in [1.29, 1.82) is 5.26 Å². The van der Waals surface area contributed by atoms with Crippen molar-refractivity contribution in [3.05, 3.63) is 76.9 Å². The number of fused-ring (bicyclic) bond motifs is 1. The van der Waals surface area contributed by atoms with Gasteiger partial charge in [-0.15, -0.1) is 0 Å². The number of carbonyl (C=O) groups is 1. The molecule has 0 spiro atoms. The maximum atomic E-state index is 12.2. The Bertz CT molecular complexity index is 834. The molecule has 2 aromatic rings. The van der Waals surface area contributed by atoms with Crippen LogP contribution in [0.1, 0.15) is 23.1 Å². The molecule has 4 heteroatoms. The number of methoxy groups -OCH3 is 1. The number of nitrogens with two attached hydrogens (primary N) is 1. The average molecular weight is 304 g/mol. The van der Waals surface area contributed by atoms with Gasteiger partial charge >= 0.3 is 5.97 Å². The lowest BCUT2D eigenvalue weighted by Gasteiger charge is -2.34. The topological polar surface area (TPSA) is 76.1 Å². The smallest absolute Gasteiger partial charge is 0.335 e. The van der Waals surface area contributed by atoms with E-state index in [-0.39, 0.29) is 6.42 Å². The van der Waals surface area contributed by atoms with Gasteiger partial charge in [-0.2, -0.15) is 5.26 Å². The van der Waals surface area contributed by atoms with Crippen molar-refractivity contribution in [1.82, 2.24) is 0 Å². The number of nitriles is 1. The van der Waals surface area contributed by atoms with Gasteiger partial charge in [-0.3, -0.25) is 0 Å². The van der Waals surface area contributed by atoms with E-state index < -0.39 is 11.4 Å². The van der Waals surface area contributed by atoms with Crippen molar-refractivity contribution < 1.29 is 9.53 Å². The van der Waals surface area contributed by atoms with Gasteiger partial charge in [0.15, 0.2) is 0 Å². The minimum absolute atomic E-state index is 0.197. The second kappa shape index (κ2) is 5.62. The number of hydrogen-bond acceptors (Lipinski definition) is 4. The molecule has 2 N–H and O–H groups in total. The molecule has 1 aliphatic carbocycles. The van der Waals surface area contributed by atoms with Gasteiger partial charge in [-0.1, -0.05) is 54.6 Å². The molecule has 114 valence electrons.